The molecule has 0 saturated carbocycles. The molecule has 0 aliphatic heterocycles. The summed E-state index contributed by atoms with van der Waals surface area (Å²) in [6.07, 6.45) is -0.0800. The summed E-state index contributed by atoms with van der Waals surface area (Å²) in [5, 5.41) is 2.83. The van der Waals surface area contributed by atoms with Crippen molar-refractivity contribution in [3.63, 3.8) is 0 Å². The number of hydrogen-bond acceptors (Lipinski definition) is 5. The van der Waals surface area contributed by atoms with Gasteiger partial charge < -0.3 is 10.1 Å². The molecule has 0 spiro atoms. The van der Waals surface area contributed by atoms with Gasteiger partial charge in [-0.3, -0.25) is 14.4 Å². The second-order valence-electron chi connectivity index (χ2n) is 6.42. The van der Waals surface area contributed by atoms with Crippen LogP contribution in [0.1, 0.15) is 54.3 Å². The molecule has 0 fully saturated rings. The lowest BCUT2D eigenvalue weighted by molar-refractivity contribution is -0.154. The fourth-order valence-corrected chi connectivity index (χ4v) is 3.71. The third-order valence-electron chi connectivity index (χ3n) is 4.37. The van der Waals surface area contributed by atoms with Crippen LogP contribution in [0.5, 0.6) is 0 Å². The quantitative estimate of drug-likeness (QED) is 0.449. The number of esters is 1. The number of carbonyl (C=O) groups is 3. The number of Topliss-reactive ketones (excluding diaryl/α,β-unsaturated/α-hetero) is 1. The van der Waals surface area contributed by atoms with Crippen LogP contribution in [0.3, 0.4) is 0 Å². The second-order valence-corrected chi connectivity index (χ2v) is 8.14. The maximum absolute atomic E-state index is 12.2. The highest BCUT2D eigenvalue weighted by Gasteiger charge is 2.20. The summed E-state index contributed by atoms with van der Waals surface area (Å²) in [5.74, 6) is -0.893. The number of thiophene rings is 1. The largest absolute Gasteiger partial charge is 0.453 e. The number of benzene rings is 1. The van der Waals surface area contributed by atoms with E-state index < -0.39 is 12.1 Å². The maximum Gasteiger partial charge on any atom is 0.307 e. The van der Waals surface area contributed by atoms with Crippen LogP contribution in [-0.2, 0) is 14.3 Å². The molecule has 2 aromatic rings. The molecule has 0 saturated heterocycles. The van der Waals surface area contributed by atoms with Crippen LogP contribution in [0.15, 0.2) is 42.5 Å². The fourth-order valence-electron chi connectivity index (χ4n) is 2.70. The Hall–Kier alpha value is -2.18. The standard InChI is InChI=1S/C21H24ClNO4S/c1-3-15(16-7-5-4-6-8-16)13-23-21(26)14(2)27-20(25)12-9-17(24)18-10-11-19(22)28-18/h4-8,10-11,14-15H,3,9,12-13H2,1-2H3,(H,23,26)/t14-,15+/m0/s1. The third-order valence-corrected chi connectivity index (χ3v) is 5.64. The van der Waals surface area contributed by atoms with E-state index in [1.807, 2.05) is 30.3 Å². The van der Waals surface area contributed by atoms with E-state index in [2.05, 4.69) is 12.2 Å². The van der Waals surface area contributed by atoms with Gasteiger partial charge in [0.15, 0.2) is 11.9 Å². The highest BCUT2D eigenvalue weighted by atomic mass is 35.5. The van der Waals surface area contributed by atoms with E-state index in [0.717, 1.165) is 12.0 Å². The summed E-state index contributed by atoms with van der Waals surface area (Å²) in [5.41, 5.74) is 1.15. The first-order chi connectivity index (χ1) is 13.4. The van der Waals surface area contributed by atoms with Crippen molar-refractivity contribution >= 4 is 40.6 Å². The van der Waals surface area contributed by atoms with Crippen molar-refractivity contribution in [2.75, 3.05) is 6.54 Å². The molecule has 7 heteroatoms. The van der Waals surface area contributed by atoms with Crippen molar-refractivity contribution in [3.8, 4) is 0 Å². The van der Waals surface area contributed by atoms with Gasteiger partial charge in [-0.05, 0) is 31.0 Å². The van der Waals surface area contributed by atoms with Crippen molar-refractivity contribution in [1.82, 2.24) is 5.32 Å². The molecule has 1 aromatic carbocycles. The minimum atomic E-state index is -0.910. The van der Waals surface area contributed by atoms with E-state index in [4.69, 9.17) is 16.3 Å². The molecule has 5 nitrogen and oxygen atoms in total. The molecule has 28 heavy (non-hydrogen) atoms. The summed E-state index contributed by atoms with van der Waals surface area (Å²) in [7, 11) is 0. The van der Waals surface area contributed by atoms with E-state index in [0.29, 0.717) is 15.8 Å². The van der Waals surface area contributed by atoms with Gasteiger partial charge in [-0.1, -0.05) is 48.9 Å². The van der Waals surface area contributed by atoms with Gasteiger partial charge in [0.1, 0.15) is 0 Å². The molecule has 0 radical (unpaired) electrons. The van der Waals surface area contributed by atoms with Gasteiger partial charge in [0.2, 0.25) is 0 Å². The Bertz CT molecular complexity index is 806. The van der Waals surface area contributed by atoms with Crippen LogP contribution in [-0.4, -0.2) is 30.3 Å². The smallest absolute Gasteiger partial charge is 0.307 e. The van der Waals surface area contributed by atoms with E-state index in [1.54, 1.807) is 12.1 Å². The van der Waals surface area contributed by atoms with Crippen LogP contribution in [0.2, 0.25) is 4.34 Å². The van der Waals surface area contributed by atoms with E-state index in [-0.39, 0.29) is 30.4 Å². The predicted octanol–water partition coefficient (Wildman–Crippen LogP) is 4.61. The predicted molar refractivity (Wildman–Crippen MR) is 111 cm³/mol. The molecule has 1 aromatic heterocycles. The van der Waals surface area contributed by atoms with Crippen molar-refractivity contribution in [2.45, 2.75) is 45.1 Å². The molecule has 0 bridgehead atoms. The lowest BCUT2D eigenvalue weighted by Gasteiger charge is -2.18. The van der Waals surface area contributed by atoms with Gasteiger partial charge in [0.25, 0.3) is 5.91 Å². The second kappa shape index (κ2) is 11.0. The van der Waals surface area contributed by atoms with Crippen molar-refractivity contribution in [2.24, 2.45) is 0 Å². The number of amides is 1. The lowest BCUT2D eigenvalue weighted by atomic mass is 9.96. The lowest BCUT2D eigenvalue weighted by Crippen LogP contribution is -2.38. The number of ether oxygens (including phenoxy) is 1. The average Bonchev–Trinajstić information content (AvgIpc) is 3.13. The number of hydrogen-bond donors (Lipinski definition) is 1. The van der Waals surface area contributed by atoms with Crippen LogP contribution in [0, 0.1) is 0 Å². The number of ketones is 1. The normalized spacial score (nSPS) is 12.8. The zero-order valence-electron chi connectivity index (χ0n) is 15.9. The number of nitrogens with one attached hydrogen (secondary N) is 1. The van der Waals surface area contributed by atoms with E-state index in [1.165, 1.54) is 18.3 Å². The molecule has 2 rings (SSSR count). The third kappa shape index (κ3) is 6.77. The first-order valence-corrected chi connectivity index (χ1v) is 10.4. The van der Waals surface area contributed by atoms with Gasteiger partial charge in [-0.15, -0.1) is 11.3 Å². The highest BCUT2D eigenvalue weighted by Crippen LogP contribution is 2.23. The minimum Gasteiger partial charge on any atom is -0.453 e. The van der Waals surface area contributed by atoms with E-state index in [9.17, 15) is 14.4 Å². The molecule has 2 atom stereocenters. The zero-order valence-corrected chi connectivity index (χ0v) is 17.5. The summed E-state index contributed by atoms with van der Waals surface area (Å²) < 4.78 is 5.67. The zero-order chi connectivity index (χ0) is 20.5. The Kier molecular flexibility index (Phi) is 8.67. The van der Waals surface area contributed by atoms with Gasteiger partial charge in [-0.2, -0.15) is 0 Å². The Morgan fingerprint density at radius 2 is 1.82 bits per heavy atom. The Morgan fingerprint density at radius 3 is 2.43 bits per heavy atom. The molecule has 1 heterocycles. The Labute approximate surface area is 174 Å². The molecule has 150 valence electrons. The first kappa shape index (κ1) is 22.1. The topological polar surface area (TPSA) is 72.5 Å². The van der Waals surface area contributed by atoms with Crippen molar-refractivity contribution in [3.05, 3.63) is 57.2 Å². The molecule has 0 unspecified atom stereocenters. The van der Waals surface area contributed by atoms with E-state index >= 15 is 0 Å². The number of rotatable bonds is 10. The van der Waals surface area contributed by atoms with Gasteiger partial charge >= 0.3 is 5.97 Å². The molecule has 0 aliphatic carbocycles. The number of halogens is 1. The SMILES string of the molecule is CC[C@H](CNC(=O)[C@H](C)OC(=O)CCC(=O)c1ccc(Cl)s1)c1ccccc1. The molecular formula is C21H24ClNO4S. The molecular weight excluding hydrogens is 398 g/mol. The van der Waals surface area contributed by atoms with Gasteiger partial charge in [0.05, 0.1) is 15.6 Å². The Morgan fingerprint density at radius 1 is 1.11 bits per heavy atom. The summed E-state index contributed by atoms with van der Waals surface area (Å²) >= 11 is 6.98. The van der Waals surface area contributed by atoms with Crippen LogP contribution < -0.4 is 5.32 Å². The molecule has 0 aliphatic rings. The number of carbonyl (C=O) groups excluding carboxylic acids is 3. The monoisotopic (exact) mass is 421 g/mol. The summed E-state index contributed by atoms with van der Waals surface area (Å²) in [6.45, 7) is 4.06. The fraction of sp³-hybridized carbons (Fsp3) is 0.381. The van der Waals surface area contributed by atoms with Crippen molar-refractivity contribution < 1.29 is 19.1 Å². The summed E-state index contributed by atoms with van der Waals surface area (Å²) in [4.78, 5) is 36.7. The maximum atomic E-state index is 12.2. The van der Waals surface area contributed by atoms with Gasteiger partial charge in [0, 0.05) is 18.9 Å². The molecule has 1 amide bonds. The van der Waals surface area contributed by atoms with Crippen LogP contribution in [0.4, 0.5) is 0 Å². The average molecular weight is 422 g/mol. The van der Waals surface area contributed by atoms with Gasteiger partial charge in [-0.25, -0.2) is 0 Å². The first-order valence-electron chi connectivity index (χ1n) is 9.21. The van der Waals surface area contributed by atoms with Crippen molar-refractivity contribution in [1.29, 1.82) is 0 Å². The van der Waals surface area contributed by atoms with Crippen LogP contribution in [0.25, 0.3) is 0 Å². The summed E-state index contributed by atoms with van der Waals surface area (Å²) in [6, 6.07) is 13.2. The highest BCUT2D eigenvalue weighted by molar-refractivity contribution is 7.18. The minimum absolute atomic E-state index is 0.0237. The molecule has 1 N–H and O–H groups in total. The Balaban J connectivity index is 1.75. The van der Waals surface area contributed by atoms with Crippen LogP contribution >= 0.6 is 22.9 Å².